The van der Waals surface area contributed by atoms with Gasteiger partial charge in [-0.25, -0.2) is 0 Å². The number of hydrogen-bond acceptors (Lipinski definition) is 0. The minimum atomic E-state index is -2.93. The van der Waals surface area contributed by atoms with E-state index >= 15 is 0 Å². The van der Waals surface area contributed by atoms with Gasteiger partial charge in [0.05, 0.1) is 0 Å². The molecule has 274 valence electrons. The Labute approximate surface area is 336 Å². The van der Waals surface area contributed by atoms with Crippen LogP contribution in [0.1, 0.15) is 145 Å². The Balaban J connectivity index is 0.00000302. The van der Waals surface area contributed by atoms with Crippen LogP contribution in [-0.2, 0) is 49.3 Å². The number of allylic oxidation sites excluding steroid dienone is 4. The fourth-order valence-corrected chi connectivity index (χ4v) is 17.3. The van der Waals surface area contributed by atoms with Gasteiger partial charge in [0.1, 0.15) is 0 Å². The van der Waals surface area contributed by atoms with Gasteiger partial charge < -0.3 is 24.8 Å². The summed E-state index contributed by atoms with van der Waals surface area (Å²) in [6.45, 7) is 33.5. The van der Waals surface area contributed by atoms with Crippen LogP contribution in [0.4, 0.5) is 0 Å². The Morgan fingerprint density at radius 2 is 1.02 bits per heavy atom. The molecule has 0 radical (unpaired) electrons. The summed E-state index contributed by atoms with van der Waals surface area (Å²) in [5, 5.41) is 0. The molecule has 2 aliphatic carbocycles. The molecule has 0 spiro atoms. The van der Waals surface area contributed by atoms with Gasteiger partial charge in [-0.2, -0.15) is 0 Å². The molecule has 4 aromatic carbocycles. The standard InChI is InChI=1S/C29H41.C15H14.C5H5.2ClH.Zr/c1-26(2,3)22-14-18-13-19-15-23(27(4,5)6)25(29(10,11)12)17-21(19)20(18)16-24(22)28(7,8)9;1-12-3-7-14(8-4-12)11-15-9-5-13(2)6-10-15;1-2-4-5-3-1;;;/h14,16-17H,13H2,1-12H3;3-10H,1-2H3;1-3H,4H2;2*1H;/q;;;;;+2/p-2. The zero-order valence-corrected chi connectivity index (χ0v) is 38.2. The molecule has 0 unspecified atom stereocenters. The van der Waals surface area contributed by atoms with Crippen molar-refractivity contribution in [1.82, 2.24) is 0 Å². The van der Waals surface area contributed by atoms with Crippen LogP contribution in [0.25, 0.3) is 11.1 Å². The molecule has 0 bridgehead atoms. The summed E-state index contributed by atoms with van der Waals surface area (Å²) in [6, 6.07) is 26.8. The minimum Gasteiger partial charge on any atom is -1.00 e. The van der Waals surface area contributed by atoms with Gasteiger partial charge in [-0.15, -0.1) is 0 Å². The fraction of sp³-hybridized carbons (Fsp3) is 0.408. The van der Waals surface area contributed by atoms with Crippen molar-refractivity contribution in [2.75, 3.05) is 0 Å². The minimum absolute atomic E-state index is 0. The first-order valence-corrected chi connectivity index (χ1v) is 22.5. The van der Waals surface area contributed by atoms with Crippen molar-refractivity contribution in [2.45, 2.75) is 131 Å². The fourth-order valence-electron chi connectivity index (χ4n) is 8.24. The second kappa shape index (κ2) is 15.1. The molecule has 0 aromatic heterocycles. The number of fused-ring (bicyclic) bond motifs is 3. The average molecular weight is 811 g/mol. The number of hydrogen-bond donors (Lipinski definition) is 0. The van der Waals surface area contributed by atoms with E-state index in [1.54, 1.807) is 20.9 Å². The summed E-state index contributed by atoms with van der Waals surface area (Å²) in [4.78, 5) is 0. The summed E-state index contributed by atoms with van der Waals surface area (Å²) < 4.78 is 5.03. The van der Waals surface area contributed by atoms with Crippen molar-refractivity contribution in [1.29, 1.82) is 0 Å². The van der Waals surface area contributed by atoms with E-state index in [0.717, 1.165) is 12.8 Å². The predicted molar refractivity (Wildman–Crippen MR) is 217 cm³/mol. The molecule has 0 fully saturated rings. The molecule has 0 saturated carbocycles. The second-order valence-electron chi connectivity index (χ2n) is 19.2. The number of halogens is 2. The molecule has 6 rings (SSSR count). The maximum atomic E-state index is 2.65. The van der Waals surface area contributed by atoms with Gasteiger partial charge >= 0.3 is 314 Å². The quantitative estimate of drug-likeness (QED) is 0.197. The Morgan fingerprint density at radius 3 is 1.44 bits per heavy atom. The molecule has 0 nitrogen and oxygen atoms in total. The molecule has 52 heavy (non-hydrogen) atoms. The van der Waals surface area contributed by atoms with E-state index < -0.39 is 21.3 Å². The third-order valence-electron chi connectivity index (χ3n) is 10.8. The van der Waals surface area contributed by atoms with Crippen LogP contribution in [0.3, 0.4) is 0 Å². The van der Waals surface area contributed by atoms with E-state index in [1.807, 2.05) is 0 Å². The third kappa shape index (κ3) is 8.19. The van der Waals surface area contributed by atoms with Crippen LogP contribution in [-0.4, -0.2) is 3.21 Å². The monoisotopic (exact) mass is 808 g/mol. The molecular formula is C49H60Cl2Zr. The van der Waals surface area contributed by atoms with Crippen molar-refractivity contribution >= 4 is 6.48 Å². The van der Waals surface area contributed by atoms with Gasteiger partial charge in [0.15, 0.2) is 0 Å². The molecular weight excluding hydrogens is 751 g/mol. The largest absolute Gasteiger partial charge is 1.00 e. The van der Waals surface area contributed by atoms with Crippen LogP contribution in [0.15, 0.2) is 88.2 Å². The van der Waals surface area contributed by atoms with Gasteiger partial charge in [-0.1, -0.05) is 0 Å². The Bertz CT molecular complexity index is 2010. The zero-order chi connectivity index (χ0) is 36.6. The van der Waals surface area contributed by atoms with Gasteiger partial charge in [0.25, 0.3) is 0 Å². The summed E-state index contributed by atoms with van der Waals surface area (Å²) in [5.41, 5.74) is 17.8. The van der Waals surface area contributed by atoms with E-state index in [0.29, 0.717) is 0 Å². The van der Waals surface area contributed by atoms with Crippen LogP contribution in [0.5, 0.6) is 0 Å². The first kappa shape index (κ1) is 42.4. The molecule has 4 aromatic rings. The van der Waals surface area contributed by atoms with Crippen molar-refractivity contribution in [3.63, 3.8) is 0 Å². The molecule has 0 aliphatic heterocycles. The van der Waals surface area contributed by atoms with Gasteiger partial charge in [-0.3, -0.25) is 0 Å². The molecule has 0 atom stereocenters. The first-order chi connectivity index (χ1) is 23.2. The average Bonchev–Trinajstić information content (AvgIpc) is 3.66. The van der Waals surface area contributed by atoms with Gasteiger partial charge in [-0.05, 0) is 0 Å². The van der Waals surface area contributed by atoms with Gasteiger partial charge in [0, 0.05) is 0 Å². The van der Waals surface area contributed by atoms with E-state index in [1.165, 1.54) is 55.6 Å². The predicted octanol–water partition coefficient (Wildman–Crippen LogP) is 6.43. The first-order valence-electron chi connectivity index (χ1n) is 18.8. The van der Waals surface area contributed by atoms with Gasteiger partial charge in [0.2, 0.25) is 0 Å². The Kier molecular flexibility index (Phi) is 12.3. The van der Waals surface area contributed by atoms with Crippen LogP contribution in [0.2, 0.25) is 0 Å². The molecule has 0 saturated heterocycles. The summed E-state index contributed by atoms with van der Waals surface area (Å²) in [6.07, 6.45) is 9.33. The van der Waals surface area contributed by atoms with Crippen LogP contribution in [0, 0.1) is 13.8 Å². The maximum absolute atomic E-state index is 2.93. The van der Waals surface area contributed by atoms with E-state index in [4.69, 9.17) is 0 Å². The smallest absolute Gasteiger partial charge is 1.00 e. The topological polar surface area (TPSA) is 0 Å². The zero-order valence-electron chi connectivity index (χ0n) is 34.3. The summed E-state index contributed by atoms with van der Waals surface area (Å²) in [5.74, 6) is 0. The maximum Gasteiger partial charge on any atom is -1.00 e. The number of rotatable bonds is 4. The van der Waals surface area contributed by atoms with Crippen molar-refractivity contribution in [2.24, 2.45) is 0 Å². The SMILES string of the molecule is Cc1ccc([C](c2ccc(C)cc2)=[Zr+2]([C]2=CC=CC2)[c]2c3c(cc(C(C)(C)C)c2C(C)(C)C)-c2cc(C(C)(C)C)c(C(C)(C)C)cc2C3)cc1.[Cl-].[Cl-]. The Hall–Kier alpha value is -2.31. The van der Waals surface area contributed by atoms with Crippen LogP contribution >= 0.6 is 0 Å². The summed E-state index contributed by atoms with van der Waals surface area (Å²) >= 11 is -2.93. The normalized spacial score (nSPS) is 13.8. The van der Waals surface area contributed by atoms with E-state index in [2.05, 4.69) is 182 Å². The van der Waals surface area contributed by atoms with Crippen molar-refractivity contribution in [3.8, 4) is 11.1 Å². The van der Waals surface area contributed by atoms with Crippen molar-refractivity contribution in [3.05, 3.63) is 144 Å². The molecule has 0 N–H and O–H groups in total. The van der Waals surface area contributed by atoms with E-state index in [9.17, 15) is 0 Å². The number of aryl methyl sites for hydroxylation is 2. The van der Waals surface area contributed by atoms with Crippen molar-refractivity contribution < 1.29 is 46.1 Å². The molecule has 0 heterocycles. The van der Waals surface area contributed by atoms with E-state index in [-0.39, 0.29) is 46.5 Å². The molecule has 0 amide bonds. The Morgan fingerprint density at radius 1 is 0.558 bits per heavy atom. The molecule has 2 aliphatic rings. The number of benzene rings is 4. The second-order valence-corrected chi connectivity index (χ2v) is 25.1. The summed E-state index contributed by atoms with van der Waals surface area (Å²) in [7, 11) is 0. The molecule has 3 heteroatoms. The third-order valence-corrected chi connectivity index (χ3v) is 18.5. The van der Waals surface area contributed by atoms with Crippen LogP contribution < -0.4 is 28.1 Å².